The third-order valence-electron chi connectivity index (χ3n) is 2.99. The van der Waals surface area contributed by atoms with Gasteiger partial charge in [-0.25, -0.2) is 0 Å². The lowest BCUT2D eigenvalue weighted by Gasteiger charge is -2.13. The normalized spacial score (nSPS) is 10.4. The first kappa shape index (κ1) is 13.6. The van der Waals surface area contributed by atoms with Gasteiger partial charge in [-0.15, -0.1) is 0 Å². The van der Waals surface area contributed by atoms with Gasteiger partial charge in [0.2, 0.25) is 0 Å². The Morgan fingerprint density at radius 3 is 2.63 bits per heavy atom. The molecule has 2 aromatic carbocycles. The third kappa shape index (κ3) is 2.78. The summed E-state index contributed by atoms with van der Waals surface area (Å²) in [4.78, 5) is 11.1. The highest BCUT2D eigenvalue weighted by atomic mass is 35.5. The van der Waals surface area contributed by atoms with E-state index in [2.05, 4.69) is 0 Å². The lowest BCUT2D eigenvalue weighted by atomic mass is 9.95. The number of aliphatic hydroxyl groups is 1. The first-order valence-electron chi connectivity index (χ1n) is 5.90. The Labute approximate surface area is 116 Å². The van der Waals surface area contributed by atoms with Gasteiger partial charge >= 0.3 is 0 Å². The largest absolute Gasteiger partial charge is 0.398 e. The molecule has 0 aliphatic rings. The summed E-state index contributed by atoms with van der Waals surface area (Å²) in [5.41, 5.74) is 9.47. The summed E-state index contributed by atoms with van der Waals surface area (Å²) in [5.74, 6) is 0. The summed E-state index contributed by atoms with van der Waals surface area (Å²) in [5, 5.41) is 9.58. The quantitative estimate of drug-likeness (QED) is 0.666. The van der Waals surface area contributed by atoms with Gasteiger partial charge in [-0.3, -0.25) is 4.79 Å². The van der Waals surface area contributed by atoms with Crippen LogP contribution in [0, 0.1) is 0 Å². The summed E-state index contributed by atoms with van der Waals surface area (Å²) in [6, 6.07) is 10.7. The highest BCUT2D eigenvalue weighted by molar-refractivity contribution is 6.31. The molecule has 0 atom stereocenters. The van der Waals surface area contributed by atoms with Crippen molar-refractivity contribution >= 4 is 23.6 Å². The highest BCUT2D eigenvalue weighted by Gasteiger charge is 2.12. The van der Waals surface area contributed by atoms with Crippen LogP contribution >= 0.6 is 11.6 Å². The van der Waals surface area contributed by atoms with Crippen molar-refractivity contribution in [1.29, 1.82) is 0 Å². The summed E-state index contributed by atoms with van der Waals surface area (Å²) < 4.78 is 0. The average Bonchev–Trinajstić information content (AvgIpc) is 2.42. The number of hydrogen-bond acceptors (Lipinski definition) is 3. The zero-order valence-electron chi connectivity index (χ0n) is 10.3. The van der Waals surface area contributed by atoms with Gasteiger partial charge in [0.05, 0.1) is 0 Å². The molecule has 0 unspecified atom stereocenters. The van der Waals surface area contributed by atoms with E-state index >= 15 is 0 Å². The van der Waals surface area contributed by atoms with Crippen molar-refractivity contribution in [1.82, 2.24) is 0 Å². The van der Waals surface area contributed by atoms with E-state index in [1.807, 2.05) is 12.1 Å². The maximum atomic E-state index is 11.1. The fraction of sp³-hybridized carbons (Fsp3) is 0.133. The number of carbonyl (C=O) groups is 1. The standard InChI is InChI=1S/C15H14ClNO2/c16-12-7-10(5-6-18)15(17)14(8-12)13-4-2-1-3-11(13)9-19/h1-4,7-9,18H,5-6,17H2. The molecule has 3 N–H and O–H groups in total. The molecule has 19 heavy (non-hydrogen) atoms. The molecule has 0 aromatic heterocycles. The van der Waals surface area contributed by atoms with Gasteiger partial charge in [-0.2, -0.15) is 0 Å². The Bertz CT molecular complexity index is 611. The second-order valence-corrected chi connectivity index (χ2v) is 4.64. The fourth-order valence-electron chi connectivity index (χ4n) is 2.07. The predicted molar refractivity (Wildman–Crippen MR) is 77.5 cm³/mol. The Balaban J connectivity index is 2.64. The number of nitrogens with two attached hydrogens (primary N) is 1. The van der Waals surface area contributed by atoms with Crippen LogP contribution in [0.5, 0.6) is 0 Å². The van der Waals surface area contributed by atoms with E-state index < -0.39 is 0 Å². The lowest BCUT2D eigenvalue weighted by molar-refractivity contribution is 0.112. The highest BCUT2D eigenvalue weighted by Crippen LogP contribution is 2.33. The molecular formula is C15H14ClNO2. The summed E-state index contributed by atoms with van der Waals surface area (Å²) in [6.07, 6.45) is 1.23. The smallest absolute Gasteiger partial charge is 0.150 e. The number of halogens is 1. The number of rotatable bonds is 4. The Hall–Kier alpha value is -1.84. The van der Waals surface area contributed by atoms with Gasteiger partial charge in [-0.05, 0) is 29.7 Å². The molecule has 0 saturated carbocycles. The molecule has 3 nitrogen and oxygen atoms in total. The van der Waals surface area contributed by atoms with Gasteiger partial charge in [0.1, 0.15) is 0 Å². The molecular weight excluding hydrogens is 262 g/mol. The van der Waals surface area contributed by atoms with Crippen molar-refractivity contribution < 1.29 is 9.90 Å². The molecule has 0 aliphatic carbocycles. The minimum atomic E-state index is -0.000685. The fourth-order valence-corrected chi connectivity index (χ4v) is 2.31. The summed E-state index contributed by atoms with van der Waals surface area (Å²) in [6.45, 7) is -0.000685. The van der Waals surface area contributed by atoms with Crippen LogP contribution in [0.25, 0.3) is 11.1 Å². The minimum absolute atomic E-state index is 0.000685. The second kappa shape index (κ2) is 5.87. The Kier molecular flexibility index (Phi) is 4.20. The van der Waals surface area contributed by atoms with E-state index in [4.69, 9.17) is 22.4 Å². The van der Waals surface area contributed by atoms with Crippen molar-refractivity contribution in [3.8, 4) is 11.1 Å². The number of benzene rings is 2. The van der Waals surface area contributed by atoms with Crippen molar-refractivity contribution in [3.63, 3.8) is 0 Å². The maximum absolute atomic E-state index is 11.1. The van der Waals surface area contributed by atoms with Crippen molar-refractivity contribution in [2.45, 2.75) is 6.42 Å². The van der Waals surface area contributed by atoms with E-state index in [0.29, 0.717) is 22.7 Å². The molecule has 0 spiro atoms. The van der Waals surface area contributed by atoms with Crippen LogP contribution in [0.1, 0.15) is 15.9 Å². The molecule has 0 aliphatic heterocycles. The Morgan fingerprint density at radius 2 is 1.95 bits per heavy atom. The topological polar surface area (TPSA) is 63.3 Å². The first-order chi connectivity index (χ1) is 9.17. The minimum Gasteiger partial charge on any atom is -0.398 e. The lowest BCUT2D eigenvalue weighted by Crippen LogP contribution is -2.01. The zero-order valence-corrected chi connectivity index (χ0v) is 11.0. The second-order valence-electron chi connectivity index (χ2n) is 4.20. The van der Waals surface area contributed by atoms with E-state index in [1.165, 1.54) is 0 Å². The van der Waals surface area contributed by atoms with Crippen LogP contribution in [0.15, 0.2) is 36.4 Å². The first-order valence-corrected chi connectivity index (χ1v) is 6.28. The van der Waals surface area contributed by atoms with Gasteiger partial charge in [0, 0.05) is 28.4 Å². The van der Waals surface area contributed by atoms with E-state index in [0.717, 1.165) is 23.0 Å². The van der Waals surface area contributed by atoms with Crippen LogP contribution in [-0.2, 0) is 6.42 Å². The molecule has 2 aromatic rings. The van der Waals surface area contributed by atoms with Crippen LogP contribution in [0.3, 0.4) is 0 Å². The monoisotopic (exact) mass is 275 g/mol. The number of nitrogen functional groups attached to an aromatic ring is 1. The SMILES string of the molecule is Nc1c(CCO)cc(Cl)cc1-c1ccccc1C=O. The Morgan fingerprint density at radius 1 is 1.21 bits per heavy atom. The predicted octanol–water partition coefficient (Wildman–Crippen LogP) is 2.94. The van der Waals surface area contributed by atoms with Crippen molar-refractivity contribution in [2.75, 3.05) is 12.3 Å². The number of hydrogen-bond donors (Lipinski definition) is 2. The molecule has 0 fully saturated rings. The van der Waals surface area contributed by atoms with Gasteiger partial charge in [0.15, 0.2) is 6.29 Å². The molecule has 0 amide bonds. The van der Waals surface area contributed by atoms with Gasteiger partial charge in [0.25, 0.3) is 0 Å². The molecule has 4 heteroatoms. The van der Waals surface area contributed by atoms with Crippen LogP contribution < -0.4 is 5.73 Å². The average molecular weight is 276 g/mol. The van der Waals surface area contributed by atoms with E-state index in [1.54, 1.807) is 24.3 Å². The molecule has 0 heterocycles. The van der Waals surface area contributed by atoms with Gasteiger partial charge in [-0.1, -0.05) is 35.9 Å². The number of anilines is 1. The number of carbonyl (C=O) groups excluding carboxylic acids is 1. The van der Waals surface area contributed by atoms with Crippen molar-refractivity contribution in [2.24, 2.45) is 0 Å². The molecule has 0 saturated heterocycles. The van der Waals surface area contributed by atoms with E-state index in [9.17, 15) is 4.79 Å². The molecule has 98 valence electrons. The maximum Gasteiger partial charge on any atom is 0.150 e. The van der Waals surface area contributed by atoms with Crippen molar-refractivity contribution in [3.05, 3.63) is 52.5 Å². The molecule has 2 rings (SSSR count). The van der Waals surface area contributed by atoms with Crippen LogP contribution in [-0.4, -0.2) is 18.0 Å². The van der Waals surface area contributed by atoms with E-state index in [-0.39, 0.29) is 6.61 Å². The molecule has 0 bridgehead atoms. The number of aliphatic hydroxyl groups excluding tert-OH is 1. The third-order valence-corrected chi connectivity index (χ3v) is 3.21. The summed E-state index contributed by atoms with van der Waals surface area (Å²) >= 11 is 6.08. The number of aldehydes is 1. The van der Waals surface area contributed by atoms with Gasteiger partial charge < -0.3 is 10.8 Å². The zero-order chi connectivity index (χ0) is 13.8. The van der Waals surface area contributed by atoms with Crippen LogP contribution in [0.2, 0.25) is 5.02 Å². The summed E-state index contributed by atoms with van der Waals surface area (Å²) in [7, 11) is 0. The van der Waals surface area contributed by atoms with Crippen LogP contribution in [0.4, 0.5) is 5.69 Å². The molecule has 0 radical (unpaired) electrons.